The van der Waals surface area contributed by atoms with E-state index in [1.807, 2.05) is 26.0 Å². The number of carboxylic acid groups (broad SMARTS) is 1. The lowest BCUT2D eigenvalue weighted by Gasteiger charge is -2.43. The summed E-state index contributed by atoms with van der Waals surface area (Å²) >= 11 is 0. The molecule has 1 aromatic heterocycles. The van der Waals surface area contributed by atoms with E-state index in [1.54, 1.807) is 6.20 Å². The Hall–Kier alpha value is -1.69. The molecule has 2 rings (SSSR count). The van der Waals surface area contributed by atoms with Crippen molar-refractivity contribution in [1.29, 1.82) is 0 Å². The van der Waals surface area contributed by atoms with Gasteiger partial charge in [0.2, 0.25) is 0 Å². The predicted molar refractivity (Wildman–Crippen MR) is 66.1 cm³/mol. The van der Waals surface area contributed by atoms with Gasteiger partial charge in [-0.05, 0) is 26.0 Å². The van der Waals surface area contributed by atoms with Crippen molar-refractivity contribution < 1.29 is 9.90 Å². The average Bonchev–Trinajstić information content (AvgIpc) is 2.34. The van der Waals surface area contributed by atoms with Crippen LogP contribution >= 0.6 is 0 Å². The van der Waals surface area contributed by atoms with E-state index < -0.39 is 6.09 Å². The van der Waals surface area contributed by atoms with E-state index >= 15 is 0 Å². The summed E-state index contributed by atoms with van der Waals surface area (Å²) in [6.45, 7) is 5.88. The number of carbonyl (C=O) groups is 1. The highest BCUT2D eigenvalue weighted by Crippen LogP contribution is 2.18. The van der Waals surface area contributed by atoms with Crippen LogP contribution < -0.4 is 0 Å². The summed E-state index contributed by atoms with van der Waals surface area (Å²) in [6.07, 6.45) is 0.812. The maximum atomic E-state index is 11.0. The molecule has 0 saturated carbocycles. The molecule has 6 nitrogen and oxygen atoms in total. The van der Waals surface area contributed by atoms with Crippen molar-refractivity contribution in [2.75, 3.05) is 13.1 Å². The van der Waals surface area contributed by atoms with Gasteiger partial charge < -0.3 is 10.0 Å². The molecule has 0 radical (unpaired) electrons. The van der Waals surface area contributed by atoms with E-state index in [-0.39, 0.29) is 12.1 Å². The molecule has 2 unspecified atom stereocenters. The molecule has 1 aromatic rings. The van der Waals surface area contributed by atoms with Gasteiger partial charge in [-0.25, -0.2) is 4.79 Å². The van der Waals surface area contributed by atoms with Crippen molar-refractivity contribution in [1.82, 2.24) is 20.0 Å². The van der Waals surface area contributed by atoms with Crippen LogP contribution in [0.15, 0.2) is 18.3 Å². The van der Waals surface area contributed by atoms with Gasteiger partial charge in [-0.15, -0.1) is 0 Å². The van der Waals surface area contributed by atoms with Crippen LogP contribution in [-0.2, 0) is 6.54 Å². The minimum Gasteiger partial charge on any atom is -0.465 e. The first-order valence-corrected chi connectivity index (χ1v) is 6.08. The van der Waals surface area contributed by atoms with Crippen LogP contribution in [0.2, 0.25) is 0 Å². The Bertz CT molecular complexity index is 400. The fraction of sp³-hybridized carbons (Fsp3) is 0.583. The van der Waals surface area contributed by atoms with E-state index in [0.717, 1.165) is 5.69 Å². The van der Waals surface area contributed by atoms with Crippen LogP contribution in [0.25, 0.3) is 0 Å². The number of amides is 1. The lowest BCUT2D eigenvalue weighted by Crippen LogP contribution is -2.57. The van der Waals surface area contributed by atoms with Crippen LogP contribution in [0, 0.1) is 0 Å². The van der Waals surface area contributed by atoms with E-state index in [9.17, 15) is 4.79 Å². The summed E-state index contributed by atoms with van der Waals surface area (Å²) < 4.78 is 0. The summed E-state index contributed by atoms with van der Waals surface area (Å²) in [7, 11) is 0. The molecule has 1 amide bonds. The Morgan fingerprint density at radius 1 is 1.44 bits per heavy atom. The van der Waals surface area contributed by atoms with Crippen molar-refractivity contribution in [3.8, 4) is 0 Å². The van der Waals surface area contributed by atoms with Crippen LogP contribution in [0.3, 0.4) is 0 Å². The maximum Gasteiger partial charge on any atom is 0.407 e. The molecular weight excluding hydrogens is 232 g/mol. The zero-order valence-corrected chi connectivity index (χ0v) is 10.7. The highest BCUT2D eigenvalue weighted by Gasteiger charge is 2.31. The fourth-order valence-electron chi connectivity index (χ4n) is 2.43. The third kappa shape index (κ3) is 2.76. The van der Waals surface area contributed by atoms with Crippen LogP contribution in [-0.4, -0.2) is 56.4 Å². The van der Waals surface area contributed by atoms with Crippen molar-refractivity contribution >= 4 is 6.09 Å². The lowest BCUT2D eigenvalue weighted by molar-refractivity contribution is 0.0341. The Morgan fingerprint density at radius 2 is 2.11 bits per heavy atom. The van der Waals surface area contributed by atoms with Gasteiger partial charge in [0.05, 0.1) is 5.69 Å². The third-order valence-electron chi connectivity index (χ3n) is 3.34. The van der Waals surface area contributed by atoms with Crippen LogP contribution in [0.4, 0.5) is 4.79 Å². The molecule has 1 aliphatic heterocycles. The summed E-state index contributed by atoms with van der Waals surface area (Å²) in [5.74, 6) is 0. The van der Waals surface area contributed by atoms with Crippen LogP contribution in [0.1, 0.15) is 19.5 Å². The monoisotopic (exact) mass is 250 g/mol. The first-order valence-electron chi connectivity index (χ1n) is 6.08. The fourth-order valence-corrected chi connectivity index (χ4v) is 2.43. The Morgan fingerprint density at radius 3 is 2.61 bits per heavy atom. The molecule has 1 aliphatic rings. The van der Waals surface area contributed by atoms with Crippen molar-refractivity contribution in [3.05, 3.63) is 24.0 Å². The van der Waals surface area contributed by atoms with E-state index in [0.29, 0.717) is 19.6 Å². The molecule has 1 N–H and O–H groups in total. The molecule has 0 aromatic carbocycles. The SMILES string of the molecule is CC1CN(C(=O)O)CC(C)N1Cc1cccnn1. The van der Waals surface area contributed by atoms with Gasteiger partial charge in [0.1, 0.15) is 0 Å². The molecule has 1 saturated heterocycles. The molecule has 98 valence electrons. The normalized spacial score (nSPS) is 25.1. The number of hydrogen-bond donors (Lipinski definition) is 1. The maximum absolute atomic E-state index is 11.0. The molecule has 0 aliphatic carbocycles. The Labute approximate surface area is 106 Å². The standard InChI is InChI=1S/C12H18N4O2/c1-9-6-15(12(17)18)7-10(2)16(9)8-11-4-3-5-13-14-11/h3-5,9-10H,6-8H2,1-2H3,(H,17,18). The topological polar surface area (TPSA) is 69.6 Å². The highest BCUT2D eigenvalue weighted by molar-refractivity contribution is 5.65. The smallest absolute Gasteiger partial charge is 0.407 e. The minimum atomic E-state index is -0.840. The summed E-state index contributed by atoms with van der Waals surface area (Å²) in [4.78, 5) is 14.7. The Balaban J connectivity index is 2.04. The summed E-state index contributed by atoms with van der Waals surface area (Å²) in [6, 6.07) is 4.18. The molecule has 2 atom stereocenters. The Kier molecular flexibility index (Phi) is 3.76. The zero-order chi connectivity index (χ0) is 13.1. The van der Waals surface area contributed by atoms with Gasteiger partial charge in [0.15, 0.2) is 0 Å². The second-order valence-electron chi connectivity index (χ2n) is 4.77. The number of aromatic nitrogens is 2. The quantitative estimate of drug-likeness (QED) is 0.849. The lowest BCUT2D eigenvalue weighted by atomic mass is 10.1. The van der Waals surface area contributed by atoms with E-state index in [4.69, 9.17) is 5.11 Å². The van der Waals surface area contributed by atoms with Crippen LogP contribution in [0.5, 0.6) is 0 Å². The van der Waals surface area contributed by atoms with Gasteiger partial charge in [0, 0.05) is 37.9 Å². The number of nitrogens with zero attached hydrogens (tertiary/aromatic N) is 4. The highest BCUT2D eigenvalue weighted by atomic mass is 16.4. The van der Waals surface area contributed by atoms with Crippen molar-refractivity contribution in [3.63, 3.8) is 0 Å². The molecule has 1 fully saturated rings. The van der Waals surface area contributed by atoms with Gasteiger partial charge >= 0.3 is 6.09 Å². The van der Waals surface area contributed by atoms with Gasteiger partial charge in [-0.2, -0.15) is 10.2 Å². The largest absolute Gasteiger partial charge is 0.465 e. The second-order valence-corrected chi connectivity index (χ2v) is 4.77. The van der Waals surface area contributed by atoms with Gasteiger partial charge in [0.25, 0.3) is 0 Å². The van der Waals surface area contributed by atoms with Crippen molar-refractivity contribution in [2.45, 2.75) is 32.5 Å². The molecule has 6 heteroatoms. The average molecular weight is 250 g/mol. The van der Waals surface area contributed by atoms with Crippen molar-refractivity contribution in [2.24, 2.45) is 0 Å². The third-order valence-corrected chi connectivity index (χ3v) is 3.34. The summed E-state index contributed by atoms with van der Waals surface area (Å²) in [5.41, 5.74) is 0.917. The number of hydrogen-bond acceptors (Lipinski definition) is 4. The van der Waals surface area contributed by atoms with E-state index in [1.165, 1.54) is 4.90 Å². The molecule has 18 heavy (non-hydrogen) atoms. The number of piperazine rings is 1. The second kappa shape index (κ2) is 5.30. The van der Waals surface area contributed by atoms with Gasteiger partial charge in [-0.1, -0.05) is 0 Å². The van der Waals surface area contributed by atoms with Gasteiger partial charge in [-0.3, -0.25) is 4.90 Å². The predicted octanol–water partition coefficient (Wildman–Crippen LogP) is 1.05. The summed E-state index contributed by atoms with van der Waals surface area (Å²) in [5, 5.41) is 17.0. The number of rotatable bonds is 2. The molecule has 0 spiro atoms. The zero-order valence-electron chi connectivity index (χ0n) is 10.7. The van der Waals surface area contributed by atoms with E-state index in [2.05, 4.69) is 15.1 Å². The first-order chi connectivity index (χ1) is 8.58. The molecular formula is C12H18N4O2. The first kappa shape index (κ1) is 12.8. The molecule has 2 heterocycles. The minimum absolute atomic E-state index is 0.187. The molecule has 0 bridgehead atoms.